The Kier molecular flexibility index (Phi) is 1.43. The van der Waals surface area contributed by atoms with Gasteiger partial charge in [0.05, 0.1) is 11.2 Å². The van der Waals surface area contributed by atoms with Crippen LogP contribution >= 0.6 is 0 Å². The Balaban J connectivity index is 2.33. The van der Waals surface area contributed by atoms with E-state index in [1.54, 1.807) is 6.33 Å². The number of fused-ring (bicyclic) bond motifs is 1. The molecule has 0 unspecified atom stereocenters. The van der Waals surface area contributed by atoms with E-state index < -0.39 is 0 Å². The van der Waals surface area contributed by atoms with Crippen molar-refractivity contribution >= 4 is 10.9 Å². The van der Waals surface area contributed by atoms with Gasteiger partial charge in [0.15, 0.2) is 0 Å². The van der Waals surface area contributed by atoms with Gasteiger partial charge in [-0.3, -0.25) is 0 Å². The maximum atomic E-state index is 4.43. The summed E-state index contributed by atoms with van der Waals surface area (Å²) in [6, 6.07) is 8.25. The molecule has 0 saturated heterocycles. The second-order valence-corrected chi connectivity index (χ2v) is 4.30. The third kappa shape index (κ3) is 1.03. The fourth-order valence-electron chi connectivity index (χ4n) is 1.91. The zero-order valence-corrected chi connectivity index (χ0v) is 8.20. The van der Waals surface area contributed by atoms with Gasteiger partial charge in [-0.05, 0) is 18.9 Å². The summed E-state index contributed by atoms with van der Waals surface area (Å²) in [6.07, 6.45) is 4.20. The molecule has 3 rings (SSSR count). The molecule has 0 amide bonds. The quantitative estimate of drug-likeness (QED) is 0.681. The van der Waals surface area contributed by atoms with Gasteiger partial charge in [-0.15, -0.1) is 0 Å². The van der Waals surface area contributed by atoms with E-state index in [4.69, 9.17) is 0 Å². The van der Waals surface area contributed by atoms with Crippen molar-refractivity contribution in [1.82, 2.24) is 9.97 Å². The second kappa shape index (κ2) is 2.53. The molecule has 1 aliphatic carbocycles. The molecule has 0 aliphatic heterocycles. The van der Waals surface area contributed by atoms with Gasteiger partial charge >= 0.3 is 0 Å². The molecule has 0 spiro atoms. The van der Waals surface area contributed by atoms with E-state index in [1.807, 2.05) is 12.1 Å². The molecular weight excluding hydrogens is 172 g/mol. The van der Waals surface area contributed by atoms with Crippen LogP contribution in [-0.2, 0) is 5.41 Å². The highest BCUT2D eigenvalue weighted by Crippen LogP contribution is 2.48. The molecule has 0 N–H and O–H groups in total. The largest absolute Gasteiger partial charge is 0.240 e. The van der Waals surface area contributed by atoms with Gasteiger partial charge in [0, 0.05) is 10.8 Å². The van der Waals surface area contributed by atoms with Crippen LogP contribution in [0, 0.1) is 0 Å². The monoisotopic (exact) mass is 184 g/mol. The number of para-hydroxylation sites is 1. The molecule has 70 valence electrons. The van der Waals surface area contributed by atoms with Gasteiger partial charge in [-0.2, -0.15) is 0 Å². The zero-order valence-electron chi connectivity index (χ0n) is 8.20. The summed E-state index contributed by atoms with van der Waals surface area (Å²) in [5, 5.41) is 1.22. The van der Waals surface area contributed by atoms with Crippen LogP contribution in [0.25, 0.3) is 10.9 Å². The SMILES string of the molecule is CC1(c2ncnc3ccccc23)CC1. The average Bonchev–Trinajstić information content (AvgIpc) is 2.97. The minimum absolute atomic E-state index is 0.322. The number of hydrogen-bond acceptors (Lipinski definition) is 2. The lowest BCUT2D eigenvalue weighted by molar-refractivity contribution is 0.756. The lowest BCUT2D eigenvalue weighted by Crippen LogP contribution is -2.04. The Morgan fingerprint density at radius 2 is 1.93 bits per heavy atom. The van der Waals surface area contributed by atoms with E-state index in [2.05, 4.69) is 29.0 Å². The Morgan fingerprint density at radius 3 is 2.71 bits per heavy atom. The predicted molar refractivity (Wildman–Crippen MR) is 56.1 cm³/mol. The van der Waals surface area contributed by atoms with Crippen molar-refractivity contribution in [3.05, 3.63) is 36.3 Å². The first-order chi connectivity index (χ1) is 6.80. The molecule has 1 aromatic heterocycles. The number of rotatable bonds is 1. The lowest BCUT2D eigenvalue weighted by atomic mass is 10.0. The van der Waals surface area contributed by atoms with Gasteiger partial charge in [-0.1, -0.05) is 25.1 Å². The summed E-state index contributed by atoms with van der Waals surface area (Å²) in [4.78, 5) is 8.70. The molecule has 1 aliphatic rings. The molecule has 0 atom stereocenters. The van der Waals surface area contributed by atoms with E-state index in [1.165, 1.54) is 23.9 Å². The van der Waals surface area contributed by atoms with E-state index >= 15 is 0 Å². The number of hydrogen-bond donors (Lipinski definition) is 0. The summed E-state index contributed by atoms with van der Waals surface area (Å²) < 4.78 is 0. The molecule has 14 heavy (non-hydrogen) atoms. The van der Waals surface area contributed by atoms with Crippen LogP contribution in [0.1, 0.15) is 25.5 Å². The molecule has 1 aromatic carbocycles. The summed E-state index contributed by atoms with van der Waals surface area (Å²) >= 11 is 0. The van der Waals surface area contributed by atoms with E-state index in [0.717, 1.165) is 5.52 Å². The first-order valence-electron chi connectivity index (χ1n) is 5.00. The Morgan fingerprint density at radius 1 is 1.14 bits per heavy atom. The number of nitrogens with zero attached hydrogens (tertiary/aromatic N) is 2. The van der Waals surface area contributed by atoms with E-state index in [9.17, 15) is 0 Å². The third-order valence-corrected chi connectivity index (χ3v) is 3.11. The van der Waals surface area contributed by atoms with Crippen LogP contribution in [0.15, 0.2) is 30.6 Å². The van der Waals surface area contributed by atoms with Crippen LogP contribution < -0.4 is 0 Å². The fourth-order valence-corrected chi connectivity index (χ4v) is 1.91. The summed E-state index contributed by atoms with van der Waals surface area (Å²) in [5.74, 6) is 0. The van der Waals surface area contributed by atoms with Gasteiger partial charge in [0.2, 0.25) is 0 Å². The van der Waals surface area contributed by atoms with E-state index in [-0.39, 0.29) is 0 Å². The molecule has 2 aromatic rings. The maximum Gasteiger partial charge on any atom is 0.116 e. The first kappa shape index (κ1) is 7.92. The van der Waals surface area contributed by atoms with Gasteiger partial charge < -0.3 is 0 Å². The van der Waals surface area contributed by atoms with Crippen LogP contribution in [0.4, 0.5) is 0 Å². The lowest BCUT2D eigenvalue weighted by Gasteiger charge is -2.09. The Bertz CT molecular complexity index is 481. The summed E-state index contributed by atoms with van der Waals surface area (Å²) in [7, 11) is 0. The fraction of sp³-hybridized carbons (Fsp3) is 0.333. The molecule has 0 radical (unpaired) electrons. The number of benzene rings is 1. The molecule has 2 heteroatoms. The van der Waals surface area contributed by atoms with Crippen molar-refractivity contribution in [3.8, 4) is 0 Å². The van der Waals surface area contributed by atoms with Crippen molar-refractivity contribution in [3.63, 3.8) is 0 Å². The van der Waals surface area contributed by atoms with Crippen molar-refractivity contribution < 1.29 is 0 Å². The maximum absolute atomic E-state index is 4.43. The van der Waals surface area contributed by atoms with Crippen molar-refractivity contribution in [2.24, 2.45) is 0 Å². The normalized spacial score (nSPS) is 18.4. The van der Waals surface area contributed by atoms with Crippen molar-refractivity contribution in [2.45, 2.75) is 25.2 Å². The smallest absolute Gasteiger partial charge is 0.116 e. The minimum atomic E-state index is 0.322. The zero-order chi connectivity index (χ0) is 9.60. The van der Waals surface area contributed by atoms with Crippen LogP contribution in [-0.4, -0.2) is 9.97 Å². The minimum Gasteiger partial charge on any atom is -0.240 e. The molecule has 1 heterocycles. The van der Waals surface area contributed by atoms with Crippen LogP contribution in [0.5, 0.6) is 0 Å². The molecular formula is C12H12N2. The van der Waals surface area contributed by atoms with Crippen molar-refractivity contribution in [2.75, 3.05) is 0 Å². The van der Waals surface area contributed by atoms with Gasteiger partial charge in [0.1, 0.15) is 6.33 Å². The van der Waals surface area contributed by atoms with E-state index in [0.29, 0.717) is 5.41 Å². The van der Waals surface area contributed by atoms with Crippen LogP contribution in [0.2, 0.25) is 0 Å². The highest BCUT2D eigenvalue weighted by atomic mass is 14.9. The van der Waals surface area contributed by atoms with Gasteiger partial charge in [0.25, 0.3) is 0 Å². The summed E-state index contributed by atoms with van der Waals surface area (Å²) in [6.45, 7) is 2.28. The number of aromatic nitrogens is 2. The summed E-state index contributed by atoms with van der Waals surface area (Å²) in [5.41, 5.74) is 2.61. The topological polar surface area (TPSA) is 25.8 Å². The van der Waals surface area contributed by atoms with Crippen molar-refractivity contribution in [1.29, 1.82) is 0 Å². The second-order valence-electron chi connectivity index (χ2n) is 4.30. The molecule has 2 nitrogen and oxygen atoms in total. The Hall–Kier alpha value is -1.44. The Labute approximate surface area is 83.0 Å². The van der Waals surface area contributed by atoms with Gasteiger partial charge in [-0.25, -0.2) is 9.97 Å². The third-order valence-electron chi connectivity index (χ3n) is 3.11. The molecule has 1 fully saturated rings. The standard InChI is InChI=1S/C12H12N2/c1-12(6-7-12)11-9-4-2-3-5-10(9)13-8-14-11/h2-5,8H,6-7H2,1H3. The average molecular weight is 184 g/mol. The molecule has 1 saturated carbocycles. The highest BCUT2D eigenvalue weighted by molar-refractivity contribution is 5.81. The van der Waals surface area contributed by atoms with Crippen LogP contribution in [0.3, 0.4) is 0 Å². The first-order valence-corrected chi connectivity index (χ1v) is 5.00. The highest BCUT2D eigenvalue weighted by Gasteiger charge is 2.41. The molecule has 0 bridgehead atoms. The predicted octanol–water partition coefficient (Wildman–Crippen LogP) is 2.68.